The van der Waals surface area contributed by atoms with Gasteiger partial charge in [0, 0.05) is 50.7 Å². The number of imidazole rings is 1. The van der Waals surface area contributed by atoms with Crippen molar-refractivity contribution in [2.45, 2.75) is 133 Å². The van der Waals surface area contributed by atoms with Crippen LogP contribution in [0.3, 0.4) is 0 Å². The molecule has 10 amide bonds. The number of carboxylic acid groups (broad SMARTS) is 1. The number of carboxylic acids is 1. The number of carbonyl (C=O) groups excluding carboxylic acids is 10. The molecule has 2 rings (SSSR count). The number of nitrogens with zero attached hydrogens (tertiary/aromatic N) is 3. The number of carbonyl (C=O) groups is 11. The molecule has 0 aliphatic carbocycles. The summed E-state index contributed by atoms with van der Waals surface area (Å²) in [4.78, 5) is 155. The molecule has 1 fully saturated rings. The predicted octanol–water partition coefficient (Wildman–Crippen LogP) is -7.24. The molecular formula is C40H66N16O13. The van der Waals surface area contributed by atoms with Crippen LogP contribution < -0.4 is 66.3 Å². The van der Waals surface area contributed by atoms with Gasteiger partial charge in [-0.15, -0.1) is 0 Å². The highest BCUT2D eigenvalue weighted by atomic mass is 16.4. The number of amides is 10. The topological polar surface area (TPSA) is 501 Å². The fraction of sp³-hybridized carbons (Fsp3) is 0.625. The van der Waals surface area contributed by atoms with Crippen LogP contribution in [0.1, 0.15) is 83.7 Å². The first kappa shape index (κ1) is 57.7. The lowest BCUT2D eigenvalue weighted by Crippen LogP contribution is -2.61. The molecule has 0 saturated carbocycles. The first-order chi connectivity index (χ1) is 32.4. The van der Waals surface area contributed by atoms with E-state index in [4.69, 9.17) is 34.4 Å². The van der Waals surface area contributed by atoms with E-state index >= 15 is 0 Å². The SMILES string of the molecule is CC(C)[C@@H](NC(=O)[C@H](CCCN=C(N)N)NC(=O)[C@H](CCC(N)=O)NC(=O)[C@H](Cc1cnc[nH]1)NC(=O)[C@H](CCC(=O)O)NC(=O)[C@@H]1CCCN1C(=O)[C@@H](N)CO)C(=O)N[C@@H](CCC(N)=O)C(N)=O. The summed E-state index contributed by atoms with van der Waals surface area (Å²) in [7, 11) is 0. The van der Waals surface area contributed by atoms with Crippen molar-refractivity contribution < 1.29 is 63.0 Å². The summed E-state index contributed by atoms with van der Waals surface area (Å²) >= 11 is 0. The number of nitrogens with one attached hydrogen (secondary N) is 7. The van der Waals surface area contributed by atoms with Crippen LogP contribution in [-0.2, 0) is 59.2 Å². The summed E-state index contributed by atoms with van der Waals surface area (Å²) in [6, 6.07) is -11.4. The molecule has 1 aliphatic rings. The van der Waals surface area contributed by atoms with E-state index in [-0.39, 0.29) is 63.3 Å². The van der Waals surface area contributed by atoms with Gasteiger partial charge in [-0.2, -0.15) is 0 Å². The van der Waals surface area contributed by atoms with E-state index in [1.54, 1.807) is 13.8 Å². The number of aliphatic hydroxyl groups is 1. The number of H-pyrrole nitrogens is 1. The van der Waals surface area contributed by atoms with Gasteiger partial charge in [0.15, 0.2) is 5.96 Å². The number of rotatable bonds is 31. The summed E-state index contributed by atoms with van der Waals surface area (Å²) in [6.45, 7) is 2.54. The van der Waals surface area contributed by atoms with Gasteiger partial charge in [-0.25, -0.2) is 4.98 Å². The molecule has 1 aliphatic heterocycles. The number of aliphatic hydroxyl groups excluding tert-OH is 1. The molecule has 2 heterocycles. The van der Waals surface area contributed by atoms with Gasteiger partial charge in [0.1, 0.15) is 48.3 Å². The predicted molar refractivity (Wildman–Crippen MR) is 241 cm³/mol. The van der Waals surface area contributed by atoms with E-state index in [0.29, 0.717) is 6.42 Å². The van der Waals surface area contributed by atoms with Gasteiger partial charge in [0.2, 0.25) is 59.1 Å². The minimum absolute atomic E-state index is 0.0180. The molecule has 69 heavy (non-hydrogen) atoms. The highest BCUT2D eigenvalue weighted by Crippen LogP contribution is 2.19. The van der Waals surface area contributed by atoms with Crippen LogP contribution in [0.15, 0.2) is 17.5 Å². The molecule has 29 heteroatoms. The summed E-state index contributed by atoms with van der Waals surface area (Å²) in [5.41, 5.74) is 32.9. The van der Waals surface area contributed by atoms with Crippen LogP contribution >= 0.6 is 0 Å². The quantitative estimate of drug-likeness (QED) is 0.0187. The standard InChI is InChI=1S/C40H66N16O13/c1-19(2)31(38(68)50-22(32(44)62)7-10-28(42)58)55-35(65)23(5-3-13-48-40(45)46)51-33(63)24(8-11-29(43)59)52-36(66)26(15-20-16-47-18-49-20)54-34(64)25(9-12-30(60)61)53-37(67)27-6-4-14-56(27)39(69)21(41)17-57/h16,18-19,21-27,31,57H,3-15,17,41H2,1-2H3,(H2,42,58)(H2,43,59)(H2,44,62)(H,47,49)(H,50,68)(H,51,63)(H,52,66)(H,53,67)(H,54,64)(H,55,65)(H,60,61)(H4,45,46,48)/t21-,22-,23-,24-,25-,26-,27-,31+/m0/s1. The lowest BCUT2D eigenvalue weighted by atomic mass is 10.0. The Morgan fingerprint density at radius 1 is 0.739 bits per heavy atom. The number of aliphatic imine (C=N–C) groups is 1. The minimum atomic E-state index is -1.64. The molecule has 8 atom stereocenters. The highest BCUT2D eigenvalue weighted by Gasteiger charge is 2.39. The normalized spacial score (nSPS) is 16.2. The molecule has 0 radical (unpaired) electrons. The molecule has 0 aromatic carbocycles. The molecule has 0 spiro atoms. The van der Waals surface area contributed by atoms with E-state index in [1.165, 1.54) is 12.5 Å². The van der Waals surface area contributed by atoms with E-state index in [1.807, 2.05) is 0 Å². The Balaban J connectivity index is 2.46. The summed E-state index contributed by atoms with van der Waals surface area (Å²) in [5, 5.41) is 33.7. The van der Waals surface area contributed by atoms with Gasteiger partial charge in [-0.3, -0.25) is 57.7 Å². The van der Waals surface area contributed by atoms with Crippen molar-refractivity contribution in [2.24, 2.45) is 45.3 Å². The van der Waals surface area contributed by atoms with Crippen LogP contribution in [0, 0.1) is 5.92 Å². The Labute approximate surface area is 396 Å². The van der Waals surface area contributed by atoms with E-state index in [0.717, 1.165) is 4.90 Å². The average Bonchev–Trinajstić information content (AvgIpc) is 3.99. The molecule has 384 valence electrons. The Kier molecular flexibility index (Phi) is 24.0. The van der Waals surface area contributed by atoms with Crippen molar-refractivity contribution in [1.29, 1.82) is 0 Å². The van der Waals surface area contributed by atoms with Crippen LogP contribution in [0.2, 0.25) is 0 Å². The van der Waals surface area contributed by atoms with Gasteiger partial charge >= 0.3 is 5.97 Å². The smallest absolute Gasteiger partial charge is 0.303 e. The van der Waals surface area contributed by atoms with Gasteiger partial charge in [-0.05, 0) is 50.9 Å². The van der Waals surface area contributed by atoms with Crippen LogP contribution in [-0.4, -0.2) is 164 Å². The third-order valence-electron chi connectivity index (χ3n) is 10.7. The number of guanidine groups is 1. The second-order valence-corrected chi connectivity index (χ2v) is 16.6. The second kappa shape index (κ2) is 28.7. The average molecular weight is 979 g/mol. The maximum absolute atomic E-state index is 14.2. The number of primary amides is 3. The van der Waals surface area contributed by atoms with Gasteiger partial charge in [0.25, 0.3) is 0 Å². The van der Waals surface area contributed by atoms with Gasteiger partial charge < -0.3 is 86.4 Å². The Hall–Kier alpha value is -7.43. The summed E-state index contributed by atoms with van der Waals surface area (Å²) in [6.07, 6.45) is 0.192. The number of hydrogen-bond acceptors (Lipinski definition) is 15. The first-order valence-corrected chi connectivity index (χ1v) is 22.0. The zero-order valence-electron chi connectivity index (χ0n) is 38.4. The Morgan fingerprint density at radius 3 is 1.78 bits per heavy atom. The van der Waals surface area contributed by atoms with E-state index < -0.39 is 152 Å². The maximum Gasteiger partial charge on any atom is 0.303 e. The third kappa shape index (κ3) is 20.1. The summed E-state index contributed by atoms with van der Waals surface area (Å²) < 4.78 is 0. The zero-order chi connectivity index (χ0) is 52.0. The number of hydrogen-bond donors (Lipinski definition) is 15. The maximum atomic E-state index is 14.2. The van der Waals surface area contributed by atoms with Crippen molar-refractivity contribution in [3.05, 3.63) is 18.2 Å². The largest absolute Gasteiger partial charge is 0.481 e. The van der Waals surface area contributed by atoms with Crippen molar-refractivity contribution >= 4 is 71.0 Å². The van der Waals surface area contributed by atoms with Crippen molar-refractivity contribution in [3.8, 4) is 0 Å². The van der Waals surface area contributed by atoms with Crippen LogP contribution in [0.5, 0.6) is 0 Å². The molecule has 0 bridgehead atoms. The monoisotopic (exact) mass is 978 g/mol. The lowest BCUT2D eigenvalue weighted by Gasteiger charge is -2.29. The highest BCUT2D eigenvalue weighted by molar-refractivity contribution is 5.98. The first-order valence-electron chi connectivity index (χ1n) is 22.0. The fourth-order valence-corrected chi connectivity index (χ4v) is 6.99. The van der Waals surface area contributed by atoms with Crippen LogP contribution in [0.25, 0.3) is 0 Å². The number of aromatic nitrogens is 2. The number of likely N-dealkylation sites (tertiary alicyclic amines) is 1. The van der Waals surface area contributed by atoms with Crippen molar-refractivity contribution in [2.75, 3.05) is 19.7 Å². The van der Waals surface area contributed by atoms with Crippen molar-refractivity contribution in [3.63, 3.8) is 0 Å². The van der Waals surface area contributed by atoms with E-state index in [9.17, 15) is 63.0 Å². The number of aliphatic carboxylic acids is 1. The Bertz CT molecular complexity index is 2010. The van der Waals surface area contributed by atoms with Crippen LogP contribution in [0.4, 0.5) is 0 Å². The molecule has 1 aromatic rings. The molecule has 0 unspecified atom stereocenters. The van der Waals surface area contributed by atoms with E-state index in [2.05, 4.69) is 46.9 Å². The molecule has 1 saturated heterocycles. The Morgan fingerprint density at radius 2 is 1.26 bits per heavy atom. The fourth-order valence-electron chi connectivity index (χ4n) is 6.99. The van der Waals surface area contributed by atoms with Gasteiger partial charge in [-0.1, -0.05) is 13.8 Å². The lowest BCUT2D eigenvalue weighted by molar-refractivity contribution is -0.141. The second-order valence-electron chi connectivity index (χ2n) is 16.6. The summed E-state index contributed by atoms with van der Waals surface area (Å²) in [5.74, 6) is -11.3. The molecule has 21 N–H and O–H groups in total. The minimum Gasteiger partial charge on any atom is -0.481 e. The van der Waals surface area contributed by atoms with Gasteiger partial charge in [0.05, 0.1) is 12.9 Å². The zero-order valence-corrected chi connectivity index (χ0v) is 38.4. The third-order valence-corrected chi connectivity index (χ3v) is 10.7. The number of nitrogens with two attached hydrogens (primary N) is 6. The molecular weight excluding hydrogens is 913 g/mol. The molecule has 1 aromatic heterocycles. The molecule has 29 nitrogen and oxygen atoms in total. The van der Waals surface area contributed by atoms with Crippen molar-refractivity contribution in [1.82, 2.24) is 46.8 Å². The number of aromatic amines is 1.